The number of hydrogen-bond acceptors (Lipinski definition) is 2. The molecule has 13 heteroatoms. The summed E-state index contributed by atoms with van der Waals surface area (Å²) in [5.74, 6) is 2.40. The number of aryl methyl sites for hydroxylation is 6. The van der Waals surface area contributed by atoms with Gasteiger partial charge < -0.3 is 17.1 Å². The number of hydrogen-bond donors (Lipinski definition) is 0. The van der Waals surface area contributed by atoms with Crippen LogP contribution in [-0.4, -0.2) is 27.1 Å². The lowest BCUT2D eigenvalue weighted by Crippen LogP contribution is -3.00. The van der Waals surface area contributed by atoms with Gasteiger partial charge in [0.2, 0.25) is 12.7 Å². The summed E-state index contributed by atoms with van der Waals surface area (Å²) in [6.07, 6.45) is 11.0. The first kappa shape index (κ1) is 45.3. The number of fused-ring (bicyclic) bond motifs is 2. The van der Waals surface area contributed by atoms with Crippen molar-refractivity contribution in [2.45, 2.75) is 85.7 Å². The maximum atomic E-state index is 9.67. The quantitative estimate of drug-likeness (QED) is 0.149. The van der Waals surface area contributed by atoms with Gasteiger partial charge in [0.15, 0.2) is 0 Å². The van der Waals surface area contributed by atoms with Crippen LogP contribution >= 0.6 is 0 Å². The Hall–Kier alpha value is -4.84. The van der Waals surface area contributed by atoms with Crippen molar-refractivity contribution >= 4 is 7.54 Å². The van der Waals surface area contributed by atoms with Gasteiger partial charge >= 0.3 is 7.54 Å². The third-order valence-corrected chi connectivity index (χ3v) is 9.66. The van der Waals surface area contributed by atoms with Crippen molar-refractivity contribution in [2.24, 2.45) is 0 Å². The highest BCUT2D eigenvalue weighted by Gasteiger charge is 2.33. The van der Waals surface area contributed by atoms with Crippen molar-refractivity contribution in [3.8, 4) is 11.4 Å². The fraction of sp³-hybridized carbons (Fsp3) is 0.317. The molecule has 0 N–H and O–H groups in total. The molecule has 0 spiro atoms. The minimum atomic E-state index is -3.67. The summed E-state index contributed by atoms with van der Waals surface area (Å²) < 4.78 is 37.9. The zero-order valence-corrected chi connectivity index (χ0v) is 31.1. The van der Waals surface area contributed by atoms with E-state index in [2.05, 4.69) is 156 Å². The van der Waals surface area contributed by atoms with Crippen LogP contribution in [0, 0.1) is 27.7 Å². The van der Waals surface area contributed by atoms with Gasteiger partial charge in [-0.1, -0.05) is 114 Å². The van der Waals surface area contributed by atoms with Crippen molar-refractivity contribution in [1.29, 1.82) is 0 Å². The van der Waals surface area contributed by atoms with Crippen LogP contribution in [0.5, 0.6) is 0 Å². The largest absolute Gasteiger partial charge is 1.00 e. The summed E-state index contributed by atoms with van der Waals surface area (Å²) in [5, 5.41) is 9.71. The van der Waals surface area contributed by atoms with E-state index in [9.17, 15) is 12.9 Å². The Morgan fingerprint density at radius 3 is 1.22 bits per heavy atom. The minimum Gasteiger partial charge on any atom is -1.00 e. The molecule has 2 atom stereocenters. The van der Waals surface area contributed by atoms with Gasteiger partial charge in [-0.15, -0.1) is 0 Å². The Morgan fingerprint density at radius 1 is 0.593 bits per heavy atom. The van der Waals surface area contributed by atoms with E-state index in [1.165, 1.54) is 69.2 Å². The summed E-state index contributed by atoms with van der Waals surface area (Å²) >= 11 is 0. The van der Waals surface area contributed by atoms with Crippen LogP contribution in [0.25, 0.3) is 11.4 Å². The monoisotopic (exact) mass is 766 g/mol. The molecule has 0 aliphatic carbocycles. The fourth-order valence-corrected chi connectivity index (χ4v) is 7.33. The average Bonchev–Trinajstić information content (AvgIpc) is 3.86. The van der Waals surface area contributed by atoms with Crippen LogP contribution in [-0.2, 0) is 25.7 Å². The van der Waals surface area contributed by atoms with E-state index in [4.69, 9.17) is 10.2 Å². The predicted molar refractivity (Wildman–Crippen MR) is 200 cm³/mol. The highest BCUT2D eigenvalue weighted by molar-refractivity contribution is 6.33. The SMILES string of the molecule is C.Cc1cccc(C)c1-n1c[n+]2c(n1)CC[C@@H]2Cc1ccccc1.Cc1cccc(C)c1-n1c[n+]2c(n1)CC[C@@H]2Cc1ccccc1.F.FB(F)F.[Cl-].[F-]. The smallest absolute Gasteiger partial charge is 0.762 e. The summed E-state index contributed by atoms with van der Waals surface area (Å²) in [6, 6.07) is 35.4. The molecule has 8 rings (SSSR count). The number of benzene rings is 4. The van der Waals surface area contributed by atoms with Gasteiger partial charge in [-0.05, 0) is 73.9 Å². The lowest BCUT2D eigenvalue weighted by atomic mass is 10.0. The van der Waals surface area contributed by atoms with Gasteiger partial charge in [-0.25, -0.2) is 9.13 Å². The molecule has 0 fully saturated rings. The fourth-order valence-electron chi connectivity index (χ4n) is 7.33. The first-order chi connectivity index (χ1) is 24.2. The molecule has 2 aliphatic rings. The van der Waals surface area contributed by atoms with Crippen molar-refractivity contribution in [3.63, 3.8) is 0 Å². The van der Waals surface area contributed by atoms with E-state index in [-0.39, 0.29) is 29.2 Å². The first-order valence-electron chi connectivity index (χ1n) is 17.3. The highest BCUT2D eigenvalue weighted by atomic mass is 35.5. The molecular formula is C41H49BClF5N6. The van der Waals surface area contributed by atoms with Crippen molar-refractivity contribution < 1.29 is 43.9 Å². The Kier molecular flexibility index (Phi) is 17.3. The molecule has 0 saturated carbocycles. The minimum absolute atomic E-state index is 0. The molecule has 6 aromatic rings. The third kappa shape index (κ3) is 10.6. The van der Waals surface area contributed by atoms with Crippen molar-refractivity contribution in [2.75, 3.05) is 0 Å². The van der Waals surface area contributed by atoms with E-state index in [1.54, 1.807) is 0 Å². The maximum absolute atomic E-state index is 9.67. The molecule has 288 valence electrons. The summed E-state index contributed by atoms with van der Waals surface area (Å²) in [5.41, 5.74) is 10.3. The summed E-state index contributed by atoms with van der Waals surface area (Å²) in [4.78, 5) is 0. The Balaban J connectivity index is 0.000000319. The van der Waals surface area contributed by atoms with Gasteiger partial charge in [0.1, 0.15) is 11.4 Å². The number of rotatable bonds is 6. The van der Waals surface area contributed by atoms with Gasteiger partial charge in [0.25, 0.3) is 11.6 Å². The summed E-state index contributed by atoms with van der Waals surface area (Å²) in [7, 11) is -3.67. The highest BCUT2D eigenvalue weighted by Crippen LogP contribution is 2.25. The lowest BCUT2D eigenvalue weighted by Gasteiger charge is -2.09. The van der Waals surface area contributed by atoms with Crippen LogP contribution in [0.1, 0.15) is 77.4 Å². The zero-order valence-electron chi connectivity index (χ0n) is 30.3. The van der Waals surface area contributed by atoms with Crippen LogP contribution < -0.4 is 26.2 Å². The Bertz CT molecular complexity index is 1850. The van der Waals surface area contributed by atoms with Crippen LogP contribution in [0.4, 0.5) is 17.7 Å². The molecule has 2 aliphatic heterocycles. The number of nitrogens with zero attached hydrogens (tertiary/aromatic N) is 6. The second-order valence-electron chi connectivity index (χ2n) is 13.3. The molecule has 0 amide bonds. The van der Waals surface area contributed by atoms with E-state index >= 15 is 0 Å². The molecule has 4 heterocycles. The van der Waals surface area contributed by atoms with Crippen LogP contribution in [0.3, 0.4) is 0 Å². The molecule has 54 heavy (non-hydrogen) atoms. The molecular weight excluding hydrogens is 718 g/mol. The van der Waals surface area contributed by atoms with Crippen LogP contribution in [0.15, 0.2) is 110 Å². The average molecular weight is 767 g/mol. The molecule has 0 unspecified atom stereocenters. The molecule has 0 bridgehead atoms. The molecule has 0 radical (unpaired) electrons. The second-order valence-corrected chi connectivity index (χ2v) is 13.3. The van der Waals surface area contributed by atoms with Gasteiger partial charge in [0, 0.05) is 35.9 Å². The predicted octanol–water partition coefficient (Wildman–Crippen LogP) is 2.69. The Morgan fingerprint density at radius 2 is 0.907 bits per heavy atom. The Labute approximate surface area is 322 Å². The molecule has 0 saturated heterocycles. The summed E-state index contributed by atoms with van der Waals surface area (Å²) in [6.45, 7) is 8.62. The van der Waals surface area contributed by atoms with Gasteiger partial charge in [-0.2, -0.15) is 0 Å². The molecule has 6 nitrogen and oxygen atoms in total. The van der Waals surface area contributed by atoms with E-state index in [0.29, 0.717) is 12.1 Å². The van der Waals surface area contributed by atoms with E-state index < -0.39 is 7.54 Å². The topological polar surface area (TPSA) is 43.4 Å². The van der Waals surface area contributed by atoms with Gasteiger partial charge in [-0.3, -0.25) is 17.7 Å². The van der Waals surface area contributed by atoms with Crippen molar-refractivity contribution in [3.05, 3.63) is 155 Å². The zero-order chi connectivity index (χ0) is 35.2. The maximum Gasteiger partial charge on any atom is 0.762 e. The lowest BCUT2D eigenvalue weighted by molar-refractivity contribution is -0.716. The second kappa shape index (κ2) is 20.6. The van der Waals surface area contributed by atoms with Crippen molar-refractivity contribution in [1.82, 2.24) is 19.6 Å². The van der Waals surface area contributed by atoms with Gasteiger partial charge in [0.05, 0.1) is 12.1 Å². The van der Waals surface area contributed by atoms with E-state index in [1.807, 2.05) is 0 Å². The molecule has 2 aromatic heterocycles. The number of halogens is 6. The van der Waals surface area contributed by atoms with Crippen LogP contribution in [0.2, 0.25) is 0 Å². The third-order valence-electron chi connectivity index (χ3n) is 9.66. The number of aromatic nitrogens is 6. The molecule has 4 aromatic carbocycles. The first-order valence-corrected chi connectivity index (χ1v) is 17.3. The number of para-hydroxylation sites is 2. The van der Waals surface area contributed by atoms with E-state index in [0.717, 1.165) is 25.7 Å². The standard InChI is InChI=1S/2C20H22N3.CH4.BF3.ClH.2FH/c2*1-15-7-6-8-16(2)20(15)23-14-22-18(11-12-19(22)21-23)13-17-9-4-3-5-10-17;;2-1(3)4;;;/h2*3-10,14,18H,11-13H2,1-2H3;1H4;;3*1H/q2*+1;;;;;/p-2/t2*18-;;;;;/m11...../s1. The normalized spacial score (nSPS) is 14.6.